The minimum atomic E-state index is -0.232. The summed E-state index contributed by atoms with van der Waals surface area (Å²) in [6.07, 6.45) is 2.39. The minimum Gasteiger partial charge on any atom is -0.507 e. The molecule has 4 N–H and O–H groups in total. The molecule has 1 aromatic heterocycles. The van der Waals surface area contributed by atoms with Gasteiger partial charge in [0.15, 0.2) is 0 Å². The van der Waals surface area contributed by atoms with Gasteiger partial charge in [0.25, 0.3) is 11.8 Å². The zero-order valence-corrected chi connectivity index (χ0v) is 19.4. The average molecular weight is 463 g/mol. The molecule has 0 unspecified atom stereocenters. The lowest BCUT2D eigenvalue weighted by molar-refractivity contribution is 0.0748. The molecule has 5 rings (SSSR count). The van der Waals surface area contributed by atoms with Crippen LogP contribution in [0.5, 0.6) is 5.75 Å². The predicted molar refractivity (Wildman–Crippen MR) is 129 cm³/mol. The summed E-state index contributed by atoms with van der Waals surface area (Å²) in [4.78, 5) is 29.8. The van der Waals surface area contributed by atoms with Crippen LogP contribution in [0.25, 0.3) is 10.9 Å². The van der Waals surface area contributed by atoms with E-state index in [2.05, 4.69) is 25.7 Å². The molecule has 0 spiro atoms. The van der Waals surface area contributed by atoms with Crippen LogP contribution in [0.1, 0.15) is 50.4 Å². The highest BCUT2D eigenvalue weighted by Crippen LogP contribution is 2.31. The van der Waals surface area contributed by atoms with Crippen molar-refractivity contribution >= 4 is 22.7 Å². The number of rotatable bonds is 7. The first-order chi connectivity index (χ1) is 16.5. The van der Waals surface area contributed by atoms with Gasteiger partial charge in [-0.25, -0.2) is 0 Å². The van der Waals surface area contributed by atoms with Crippen molar-refractivity contribution in [1.82, 2.24) is 30.6 Å². The molecule has 0 atom stereocenters. The Hall–Kier alpha value is -3.43. The molecule has 3 heterocycles. The zero-order valence-electron chi connectivity index (χ0n) is 19.4. The number of nitrogens with zero attached hydrogens (tertiary/aromatic N) is 3. The second-order valence-electron chi connectivity index (χ2n) is 9.07. The van der Waals surface area contributed by atoms with Crippen LogP contribution in [-0.4, -0.2) is 70.1 Å². The fraction of sp³-hybridized carbons (Fsp3) is 0.400. The molecular weight excluding hydrogens is 432 g/mol. The Kier molecular flexibility index (Phi) is 6.21. The van der Waals surface area contributed by atoms with Gasteiger partial charge < -0.3 is 20.6 Å². The number of amides is 2. The quantitative estimate of drug-likeness (QED) is 0.399. The van der Waals surface area contributed by atoms with Crippen LogP contribution in [0.2, 0.25) is 0 Å². The number of aromatic nitrogens is 2. The van der Waals surface area contributed by atoms with Gasteiger partial charge in [0, 0.05) is 49.7 Å². The second kappa shape index (κ2) is 9.44. The maximum absolute atomic E-state index is 13.4. The lowest BCUT2D eigenvalue weighted by Crippen LogP contribution is -2.30. The van der Waals surface area contributed by atoms with E-state index in [0.717, 1.165) is 47.4 Å². The molecule has 178 valence electrons. The third-order valence-corrected chi connectivity index (χ3v) is 6.70. The molecule has 2 amide bonds. The number of likely N-dealkylation sites (N-methyl/N-ethyl adjacent to an activating group) is 1. The molecule has 3 aromatic rings. The molecule has 2 aliphatic heterocycles. The number of phenols is 1. The van der Waals surface area contributed by atoms with Gasteiger partial charge in [-0.3, -0.25) is 19.6 Å². The summed E-state index contributed by atoms with van der Waals surface area (Å²) in [6, 6.07) is 8.89. The van der Waals surface area contributed by atoms with Crippen LogP contribution in [0.3, 0.4) is 0 Å². The van der Waals surface area contributed by atoms with Gasteiger partial charge in [-0.2, -0.15) is 5.10 Å². The van der Waals surface area contributed by atoms with Crippen LogP contribution in [0.4, 0.5) is 0 Å². The van der Waals surface area contributed by atoms with E-state index >= 15 is 0 Å². The fourth-order valence-electron chi connectivity index (χ4n) is 4.80. The summed E-state index contributed by atoms with van der Waals surface area (Å²) in [5, 5.41) is 24.8. The normalized spacial score (nSPS) is 15.7. The number of carbonyl (C=O) groups is 2. The first kappa shape index (κ1) is 22.4. The topological polar surface area (TPSA) is 114 Å². The van der Waals surface area contributed by atoms with Crippen LogP contribution in [-0.2, 0) is 19.6 Å². The van der Waals surface area contributed by atoms with E-state index < -0.39 is 0 Å². The van der Waals surface area contributed by atoms with Crippen molar-refractivity contribution in [3.05, 3.63) is 58.3 Å². The van der Waals surface area contributed by atoms with Crippen LogP contribution in [0, 0.1) is 0 Å². The number of hydrogen-bond donors (Lipinski definition) is 4. The molecule has 34 heavy (non-hydrogen) atoms. The molecule has 0 radical (unpaired) electrons. The Morgan fingerprint density at radius 1 is 1.09 bits per heavy atom. The molecule has 0 aliphatic carbocycles. The molecule has 9 heteroatoms. The number of nitrogens with one attached hydrogen (secondary N) is 3. The Morgan fingerprint density at radius 2 is 1.88 bits per heavy atom. The Bertz CT molecular complexity index is 1230. The third-order valence-electron chi connectivity index (χ3n) is 6.70. The molecule has 1 saturated heterocycles. The summed E-state index contributed by atoms with van der Waals surface area (Å²) < 4.78 is 0. The maximum Gasteiger partial charge on any atom is 0.258 e. The van der Waals surface area contributed by atoms with Crippen LogP contribution >= 0.6 is 0 Å². The number of carbonyl (C=O) groups excluding carboxylic acids is 2. The smallest absolute Gasteiger partial charge is 0.258 e. The van der Waals surface area contributed by atoms with E-state index in [4.69, 9.17) is 0 Å². The molecular formula is C25H30N6O3. The average Bonchev–Trinajstić information content (AvgIpc) is 3.58. The molecule has 9 nitrogen and oxygen atoms in total. The summed E-state index contributed by atoms with van der Waals surface area (Å²) >= 11 is 0. The van der Waals surface area contributed by atoms with Gasteiger partial charge >= 0.3 is 0 Å². The van der Waals surface area contributed by atoms with E-state index in [0.29, 0.717) is 31.7 Å². The number of likely N-dealkylation sites (tertiary alicyclic amines) is 1. The fourth-order valence-corrected chi connectivity index (χ4v) is 4.80. The van der Waals surface area contributed by atoms with Crippen molar-refractivity contribution in [2.24, 2.45) is 0 Å². The first-order valence-electron chi connectivity index (χ1n) is 11.8. The van der Waals surface area contributed by atoms with Crippen molar-refractivity contribution in [2.45, 2.75) is 32.5 Å². The van der Waals surface area contributed by atoms with Crippen molar-refractivity contribution in [3.8, 4) is 5.75 Å². The molecule has 2 aliphatic rings. The van der Waals surface area contributed by atoms with Gasteiger partial charge in [-0.15, -0.1) is 0 Å². The second-order valence-corrected chi connectivity index (χ2v) is 9.07. The van der Waals surface area contributed by atoms with E-state index in [9.17, 15) is 14.7 Å². The summed E-state index contributed by atoms with van der Waals surface area (Å²) in [5.74, 6) is -0.421. The van der Waals surface area contributed by atoms with Crippen molar-refractivity contribution in [2.75, 3.05) is 33.2 Å². The predicted octanol–water partition coefficient (Wildman–Crippen LogP) is 1.97. The molecule has 0 saturated carbocycles. The van der Waals surface area contributed by atoms with Gasteiger partial charge in [-0.05, 0) is 62.3 Å². The van der Waals surface area contributed by atoms with E-state index in [1.807, 2.05) is 19.2 Å². The SMILES string of the molecule is CNCCNC(=O)c1ccc2c(c1)CN(C(=O)c1cc3c(CN4CCCC4)n[nH]c3cc1O)C2. The number of aromatic amines is 1. The Morgan fingerprint density at radius 3 is 2.68 bits per heavy atom. The maximum atomic E-state index is 13.4. The number of phenolic OH excluding ortho intramolecular Hbond substituents is 1. The highest BCUT2D eigenvalue weighted by molar-refractivity contribution is 6.01. The van der Waals surface area contributed by atoms with Crippen molar-refractivity contribution in [3.63, 3.8) is 0 Å². The lowest BCUT2D eigenvalue weighted by Gasteiger charge is -2.17. The van der Waals surface area contributed by atoms with Crippen LogP contribution < -0.4 is 10.6 Å². The molecule has 1 fully saturated rings. The van der Waals surface area contributed by atoms with Gasteiger partial charge in [-0.1, -0.05) is 6.07 Å². The third kappa shape index (κ3) is 4.36. The standard InChI is InChI=1S/C25H30N6O3/c1-26-6-7-27-24(33)16-4-5-17-13-31(14-18(17)10-16)25(34)20-11-19-21(12-23(20)32)28-29-22(19)15-30-8-2-3-9-30/h4-5,10-12,26,32H,2-3,6-9,13-15H2,1H3,(H,27,33)(H,28,29). The molecule has 2 aromatic carbocycles. The van der Waals surface area contributed by atoms with Crippen molar-refractivity contribution < 1.29 is 14.7 Å². The number of benzene rings is 2. The highest BCUT2D eigenvalue weighted by atomic mass is 16.3. The van der Waals surface area contributed by atoms with Crippen molar-refractivity contribution in [1.29, 1.82) is 0 Å². The monoisotopic (exact) mass is 462 g/mol. The van der Waals surface area contributed by atoms with E-state index in [1.165, 1.54) is 12.8 Å². The Labute approximate surface area is 198 Å². The molecule has 0 bridgehead atoms. The van der Waals surface area contributed by atoms with Gasteiger partial charge in [0.05, 0.1) is 16.8 Å². The Balaban J connectivity index is 1.34. The summed E-state index contributed by atoms with van der Waals surface area (Å²) in [5.41, 5.74) is 4.44. The van der Waals surface area contributed by atoms with Gasteiger partial charge in [0.2, 0.25) is 0 Å². The number of hydrogen-bond acceptors (Lipinski definition) is 6. The lowest BCUT2D eigenvalue weighted by atomic mass is 10.1. The minimum absolute atomic E-state index is 0.0607. The van der Waals surface area contributed by atoms with Gasteiger partial charge in [0.1, 0.15) is 5.75 Å². The van der Waals surface area contributed by atoms with E-state index in [-0.39, 0.29) is 23.1 Å². The number of fused-ring (bicyclic) bond motifs is 2. The largest absolute Gasteiger partial charge is 0.507 e. The van der Waals surface area contributed by atoms with Crippen LogP contribution in [0.15, 0.2) is 30.3 Å². The highest BCUT2D eigenvalue weighted by Gasteiger charge is 2.28. The first-order valence-corrected chi connectivity index (χ1v) is 11.8. The van der Waals surface area contributed by atoms with E-state index in [1.54, 1.807) is 23.1 Å². The summed E-state index contributed by atoms with van der Waals surface area (Å²) in [6.45, 7) is 4.93. The summed E-state index contributed by atoms with van der Waals surface area (Å²) in [7, 11) is 1.84. The zero-order chi connectivity index (χ0) is 23.7. The number of aromatic hydroxyl groups is 1. The number of H-pyrrole nitrogens is 1.